The number of benzene rings is 1. The Bertz CT molecular complexity index is 488. The van der Waals surface area contributed by atoms with E-state index in [9.17, 15) is 4.79 Å². The second kappa shape index (κ2) is 8.51. The predicted octanol–water partition coefficient (Wildman–Crippen LogP) is 2.64. The number of piperidine rings is 1. The van der Waals surface area contributed by atoms with Crippen LogP contribution in [0.3, 0.4) is 0 Å². The Hall–Kier alpha value is -1.10. The van der Waals surface area contributed by atoms with Crippen LogP contribution in [-0.2, 0) is 4.79 Å². The second-order valence-corrected chi connectivity index (χ2v) is 6.28. The number of likely N-dealkylation sites (tertiary alicyclic amines) is 1. The standard InChI is InChI=1S/C17H27N3O.ClH/c1-12-8-13(2)17(14(3)9-12)19-16(21)11-20-6-4-15(10-18)5-7-20;/h8-9,15H,4-7,10-11,18H2,1-3H3,(H,19,21);1H. The van der Waals surface area contributed by atoms with E-state index in [4.69, 9.17) is 5.73 Å². The third kappa shape index (κ3) is 4.97. The summed E-state index contributed by atoms with van der Waals surface area (Å²) in [7, 11) is 0. The zero-order chi connectivity index (χ0) is 15.4. The van der Waals surface area contributed by atoms with Crippen LogP contribution in [0.2, 0.25) is 0 Å². The number of halogens is 1. The number of hydrogen-bond donors (Lipinski definition) is 2. The Morgan fingerprint density at radius 1 is 1.23 bits per heavy atom. The van der Waals surface area contributed by atoms with E-state index in [1.807, 2.05) is 13.8 Å². The molecule has 1 fully saturated rings. The first-order valence-corrected chi connectivity index (χ1v) is 7.79. The molecule has 3 N–H and O–H groups in total. The van der Waals surface area contributed by atoms with E-state index >= 15 is 0 Å². The van der Waals surface area contributed by atoms with Crippen LogP contribution in [0.5, 0.6) is 0 Å². The molecule has 1 aromatic rings. The van der Waals surface area contributed by atoms with Gasteiger partial charge in [-0.2, -0.15) is 0 Å². The molecule has 22 heavy (non-hydrogen) atoms. The molecular formula is C17H28ClN3O. The average Bonchev–Trinajstić information content (AvgIpc) is 2.43. The molecule has 1 heterocycles. The van der Waals surface area contributed by atoms with Crippen LogP contribution in [0.4, 0.5) is 5.69 Å². The number of nitrogens with zero attached hydrogens (tertiary/aromatic N) is 1. The zero-order valence-electron chi connectivity index (χ0n) is 13.8. The van der Waals surface area contributed by atoms with Gasteiger partial charge in [-0.1, -0.05) is 17.7 Å². The number of carbonyl (C=O) groups is 1. The number of nitrogens with two attached hydrogens (primary N) is 1. The van der Waals surface area contributed by atoms with E-state index in [2.05, 4.69) is 29.3 Å². The zero-order valence-corrected chi connectivity index (χ0v) is 14.6. The van der Waals surface area contributed by atoms with Crippen molar-refractivity contribution in [2.75, 3.05) is 31.5 Å². The van der Waals surface area contributed by atoms with E-state index in [0.29, 0.717) is 12.5 Å². The van der Waals surface area contributed by atoms with Crippen molar-refractivity contribution in [2.24, 2.45) is 11.7 Å². The number of nitrogens with one attached hydrogen (secondary N) is 1. The maximum Gasteiger partial charge on any atom is 0.238 e. The third-order valence-electron chi connectivity index (χ3n) is 4.35. The number of carbonyl (C=O) groups excluding carboxylic acids is 1. The molecule has 0 aromatic heterocycles. The third-order valence-corrected chi connectivity index (χ3v) is 4.35. The molecule has 124 valence electrons. The largest absolute Gasteiger partial charge is 0.330 e. The molecule has 0 unspecified atom stereocenters. The molecule has 0 saturated carbocycles. The number of amides is 1. The summed E-state index contributed by atoms with van der Waals surface area (Å²) in [5, 5.41) is 3.07. The number of aryl methyl sites for hydroxylation is 3. The van der Waals surface area contributed by atoms with E-state index in [1.54, 1.807) is 0 Å². The van der Waals surface area contributed by atoms with Gasteiger partial charge < -0.3 is 11.1 Å². The minimum atomic E-state index is 0. The molecule has 2 rings (SSSR count). The van der Waals surface area contributed by atoms with Crippen molar-refractivity contribution >= 4 is 24.0 Å². The average molecular weight is 326 g/mol. The van der Waals surface area contributed by atoms with Crippen LogP contribution in [-0.4, -0.2) is 37.0 Å². The van der Waals surface area contributed by atoms with E-state index in [1.165, 1.54) is 5.56 Å². The van der Waals surface area contributed by atoms with Gasteiger partial charge in [0.2, 0.25) is 5.91 Å². The molecule has 1 aliphatic rings. The molecule has 1 aliphatic heterocycles. The fourth-order valence-electron chi connectivity index (χ4n) is 3.14. The highest BCUT2D eigenvalue weighted by Crippen LogP contribution is 2.22. The van der Waals surface area contributed by atoms with Gasteiger partial charge in [0.25, 0.3) is 0 Å². The summed E-state index contributed by atoms with van der Waals surface area (Å²) < 4.78 is 0. The fourth-order valence-corrected chi connectivity index (χ4v) is 3.14. The van der Waals surface area contributed by atoms with Crippen molar-refractivity contribution in [3.8, 4) is 0 Å². The van der Waals surface area contributed by atoms with Crippen molar-refractivity contribution in [3.63, 3.8) is 0 Å². The Morgan fingerprint density at radius 2 is 1.77 bits per heavy atom. The molecule has 1 saturated heterocycles. The molecule has 0 radical (unpaired) electrons. The van der Waals surface area contributed by atoms with Gasteiger partial charge in [0.1, 0.15) is 0 Å². The van der Waals surface area contributed by atoms with Crippen LogP contribution in [0.1, 0.15) is 29.5 Å². The van der Waals surface area contributed by atoms with Gasteiger partial charge in [0.05, 0.1) is 6.54 Å². The van der Waals surface area contributed by atoms with E-state index < -0.39 is 0 Å². The lowest BCUT2D eigenvalue weighted by molar-refractivity contribution is -0.117. The summed E-state index contributed by atoms with van der Waals surface area (Å²) in [6.45, 7) is 9.35. The summed E-state index contributed by atoms with van der Waals surface area (Å²) in [6, 6.07) is 4.21. The lowest BCUT2D eigenvalue weighted by atomic mass is 9.97. The van der Waals surface area contributed by atoms with Crippen molar-refractivity contribution in [3.05, 3.63) is 28.8 Å². The van der Waals surface area contributed by atoms with Crippen LogP contribution in [0, 0.1) is 26.7 Å². The van der Waals surface area contributed by atoms with Crippen molar-refractivity contribution < 1.29 is 4.79 Å². The fraction of sp³-hybridized carbons (Fsp3) is 0.588. The number of rotatable bonds is 4. The topological polar surface area (TPSA) is 58.4 Å². The van der Waals surface area contributed by atoms with Gasteiger partial charge in [0.15, 0.2) is 0 Å². The Kier molecular flexibility index (Phi) is 7.33. The molecular weight excluding hydrogens is 298 g/mol. The van der Waals surface area contributed by atoms with Crippen molar-refractivity contribution in [1.29, 1.82) is 0 Å². The SMILES string of the molecule is Cc1cc(C)c(NC(=O)CN2CCC(CN)CC2)c(C)c1.Cl. The van der Waals surface area contributed by atoms with Crippen molar-refractivity contribution in [2.45, 2.75) is 33.6 Å². The van der Waals surface area contributed by atoms with Gasteiger partial charge in [0, 0.05) is 5.69 Å². The lowest BCUT2D eigenvalue weighted by Crippen LogP contribution is -2.40. The number of hydrogen-bond acceptors (Lipinski definition) is 3. The predicted molar refractivity (Wildman–Crippen MR) is 94.7 cm³/mol. The first-order valence-electron chi connectivity index (χ1n) is 7.79. The van der Waals surface area contributed by atoms with Gasteiger partial charge >= 0.3 is 0 Å². The molecule has 5 heteroatoms. The Labute approximate surface area is 139 Å². The van der Waals surface area contributed by atoms with E-state index in [-0.39, 0.29) is 18.3 Å². The van der Waals surface area contributed by atoms with E-state index in [0.717, 1.165) is 49.3 Å². The minimum absolute atomic E-state index is 0. The monoisotopic (exact) mass is 325 g/mol. The molecule has 0 aliphatic carbocycles. The Morgan fingerprint density at radius 3 is 2.27 bits per heavy atom. The normalized spacial score (nSPS) is 16.2. The summed E-state index contributed by atoms with van der Waals surface area (Å²) >= 11 is 0. The quantitative estimate of drug-likeness (QED) is 0.894. The molecule has 0 spiro atoms. The maximum absolute atomic E-state index is 12.2. The first-order chi connectivity index (χ1) is 9.99. The van der Waals surface area contributed by atoms with Crippen LogP contribution in [0.25, 0.3) is 0 Å². The second-order valence-electron chi connectivity index (χ2n) is 6.28. The molecule has 1 amide bonds. The highest BCUT2D eigenvalue weighted by Gasteiger charge is 2.20. The first kappa shape index (κ1) is 18.9. The number of anilines is 1. The van der Waals surface area contributed by atoms with Crippen LogP contribution < -0.4 is 11.1 Å². The van der Waals surface area contributed by atoms with Crippen molar-refractivity contribution in [1.82, 2.24) is 4.90 Å². The van der Waals surface area contributed by atoms with Gasteiger partial charge in [-0.15, -0.1) is 12.4 Å². The maximum atomic E-state index is 12.2. The molecule has 0 atom stereocenters. The summed E-state index contributed by atoms with van der Waals surface area (Å²) in [4.78, 5) is 14.5. The highest BCUT2D eigenvalue weighted by atomic mass is 35.5. The van der Waals surface area contributed by atoms with Gasteiger partial charge in [-0.25, -0.2) is 0 Å². The summed E-state index contributed by atoms with van der Waals surface area (Å²) in [5.74, 6) is 0.710. The lowest BCUT2D eigenvalue weighted by Gasteiger charge is -2.30. The van der Waals surface area contributed by atoms with Crippen LogP contribution in [0.15, 0.2) is 12.1 Å². The Balaban J connectivity index is 0.00000242. The summed E-state index contributed by atoms with van der Waals surface area (Å²) in [5.41, 5.74) is 10.1. The van der Waals surface area contributed by atoms with Gasteiger partial charge in [-0.05, 0) is 70.3 Å². The van der Waals surface area contributed by atoms with Crippen LogP contribution >= 0.6 is 12.4 Å². The minimum Gasteiger partial charge on any atom is -0.330 e. The molecule has 4 nitrogen and oxygen atoms in total. The molecule has 1 aromatic carbocycles. The highest BCUT2D eigenvalue weighted by molar-refractivity contribution is 5.93. The molecule has 0 bridgehead atoms. The smallest absolute Gasteiger partial charge is 0.238 e. The van der Waals surface area contributed by atoms with Gasteiger partial charge in [-0.3, -0.25) is 9.69 Å². The summed E-state index contributed by atoms with van der Waals surface area (Å²) in [6.07, 6.45) is 2.21.